The van der Waals surface area contributed by atoms with Crippen LogP contribution in [0.4, 0.5) is 0 Å². The molecule has 5 rings (SSSR count). The van der Waals surface area contributed by atoms with Gasteiger partial charge in [-0.3, -0.25) is 9.88 Å². The highest BCUT2D eigenvalue weighted by atomic mass is 35.5. The third kappa shape index (κ3) is 3.93. The highest BCUT2D eigenvalue weighted by molar-refractivity contribution is 6.31. The second kappa shape index (κ2) is 8.63. The molecule has 1 N–H and O–H groups in total. The minimum absolute atomic E-state index is 0.502. The molecular weight excluding hydrogens is 413 g/mol. The molecule has 2 atom stereocenters. The van der Waals surface area contributed by atoms with E-state index in [1.165, 1.54) is 24.0 Å². The zero-order chi connectivity index (χ0) is 20.7. The zero-order valence-corrected chi connectivity index (χ0v) is 19.1. The number of aromatic nitrogens is 1. The number of rotatable bonds is 5. The van der Waals surface area contributed by atoms with Gasteiger partial charge in [-0.2, -0.15) is 0 Å². The summed E-state index contributed by atoms with van der Waals surface area (Å²) in [5, 5.41) is 5.41. The van der Waals surface area contributed by atoms with E-state index in [0.717, 1.165) is 66.8 Å². The molecule has 0 radical (unpaired) electrons. The van der Waals surface area contributed by atoms with Gasteiger partial charge in [0.1, 0.15) is 0 Å². The van der Waals surface area contributed by atoms with E-state index < -0.39 is 0 Å². The highest BCUT2D eigenvalue weighted by Gasteiger charge is 2.39. The topological polar surface area (TPSA) is 28.2 Å². The molecule has 0 bridgehead atoms. The molecule has 1 fully saturated rings. The average molecular weight is 442 g/mol. The number of nitrogens with zero attached hydrogens (tertiary/aromatic N) is 2. The van der Waals surface area contributed by atoms with Crippen molar-refractivity contribution < 1.29 is 0 Å². The Morgan fingerprint density at radius 1 is 1.20 bits per heavy atom. The van der Waals surface area contributed by atoms with Crippen LogP contribution in [0.3, 0.4) is 0 Å². The van der Waals surface area contributed by atoms with Crippen molar-refractivity contribution in [2.75, 3.05) is 19.6 Å². The summed E-state index contributed by atoms with van der Waals surface area (Å²) in [6.45, 7) is 5.36. The first-order valence-electron chi connectivity index (χ1n) is 11.2. The number of nitrogens with one attached hydrogen (secondary N) is 1. The van der Waals surface area contributed by atoms with Gasteiger partial charge in [0.25, 0.3) is 0 Å². The van der Waals surface area contributed by atoms with Gasteiger partial charge in [-0.25, -0.2) is 0 Å². The van der Waals surface area contributed by atoms with Gasteiger partial charge in [0.05, 0.1) is 10.7 Å². The van der Waals surface area contributed by atoms with E-state index in [1.54, 1.807) is 11.1 Å². The monoisotopic (exact) mass is 441 g/mol. The van der Waals surface area contributed by atoms with Crippen molar-refractivity contribution in [2.45, 2.75) is 57.5 Å². The lowest BCUT2D eigenvalue weighted by Crippen LogP contribution is -2.51. The summed E-state index contributed by atoms with van der Waals surface area (Å²) < 4.78 is 0. The SMILES string of the molecule is Cc1nc(CCCN2CCC3=C(Cc4ccc(Cl)cc43)C2C2CCCN2)ccc1Cl. The van der Waals surface area contributed by atoms with Gasteiger partial charge >= 0.3 is 0 Å². The van der Waals surface area contributed by atoms with Crippen LogP contribution in [0.1, 0.15) is 48.2 Å². The van der Waals surface area contributed by atoms with Crippen LogP contribution in [0, 0.1) is 6.92 Å². The van der Waals surface area contributed by atoms with Crippen LogP contribution in [0.15, 0.2) is 35.9 Å². The first kappa shape index (κ1) is 20.5. The van der Waals surface area contributed by atoms with E-state index >= 15 is 0 Å². The number of fused-ring (bicyclic) bond motifs is 2. The van der Waals surface area contributed by atoms with Gasteiger partial charge in [0, 0.05) is 29.3 Å². The summed E-state index contributed by atoms with van der Waals surface area (Å²) in [5.41, 5.74) is 8.14. The molecule has 3 aliphatic rings. The first-order chi connectivity index (χ1) is 14.6. The molecular formula is C25H29Cl2N3. The normalized spacial score (nSPS) is 23.7. The predicted octanol–water partition coefficient (Wildman–Crippen LogP) is 5.47. The van der Waals surface area contributed by atoms with Gasteiger partial charge in [0.15, 0.2) is 0 Å². The van der Waals surface area contributed by atoms with E-state index in [0.29, 0.717) is 12.1 Å². The Labute approximate surface area is 189 Å². The van der Waals surface area contributed by atoms with E-state index in [9.17, 15) is 0 Å². The Hall–Kier alpha value is -1.39. The van der Waals surface area contributed by atoms with Crippen LogP contribution in [-0.2, 0) is 12.8 Å². The van der Waals surface area contributed by atoms with E-state index in [1.807, 2.05) is 19.1 Å². The molecule has 2 aromatic rings. The van der Waals surface area contributed by atoms with Gasteiger partial charge in [-0.05, 0) is 105 Å². The standard InChI is InChI=1S/C25H29Cl2N3/c1-16-23(27)9-8-19(29-16)4-3-12-30-13-10-20-21-15-18(26)7-6-17(21)14-22(20)25(30)24-5-2-11-28-24/h6-9,15,24-25,28H,2-5,10-14H2,1H3. The number of aryl methyl sites for hydroxylation is 2. The molecule has 30 heavy (non-hydrogen) atoms. The third-order valence-corrected chi connectivity index (χ3v) is 7.64. The predicted molar refractivity (Wildman–Crippen MR) is 125 cm³/mol. The zero-order valence-electron chi connectivity index (χ0n) is 17.6. The quantitative estimate of drug-likeness (QED) is 0.666. The van der Waals surface area contributed by atoms with Crippen molar-refractivity contribution in [3.8, 4) is 0 Å². The first-order valence-corrected chi connectivity index (χ1v) is 12.0. The van der Waals surface area contributed by atoms with Crippen molar-refractivity contribution in [1.82, 2.24) is 15.2 Å². The van der Waals surface area contributed by atoms with E-state index in [-0.39, 0.29) is 0 Å². The van der Waals surface area contributed by atoms with Crippen molar-refractivity contribution in [2.24, 2.45) is 0 Å². The van der Waals surface area contributed by atoms with Crippen LogP contribution in [-0.4, -0.2) is 41.6 Å². The van der Waals surface area contributed by atoms with E-state index in [2.05, 4.69) is 33.4 Å². The maximum Gasteiger partial charge on any atom is 0.0618 e. The largest absolute Gasteiger partial charge is 0.312 e. The molecule has 3 nitrogen and oxygen atoms in total. The highest BCUT2D eigenvalue weighted by Crippen LogP contribution is 2.43. The van der Waals surface area contributed by atoms with Crippen molar-refractivity contribution in [3.05, 3.63) is 68.5 Å². The Kier molecular flexibility index (Phi) is 5.90. The van der Waals surface area contributed by atoms with Gasteiger partial charge in [-0.15, -0.1) is 0 Å². The Balaban J connectivity index is 1.34. The second-order valence-corrected chi connectivity index (χ2v) is 9.73. The summed E-state index contributed by atoms with van der Waals surface area (Å²) >= 11 is 12.5. The van der Waals surface area contributed by atoms with Gasteiger partial charge in [-0.1, -0.05) is 29.3 Å². The summed E-state index contributed by atoms with van der Waals surface area (Å²) in [4.78, 5) is 7.39. The second-order valence-electron chi connectivity index (χ2n) is 8.89. The Bertz CT molecular complexity index is 978. The number of hydrogen-bond acceptors (Lipinski definition) is 3. The average Bonchev–Trinajstić information content (AvgIpc) is 3.38. The number of halogens is 2. The molecule has 158 valence electrons. The van der Waals surface area contributed by atoms with Crippen molar-refractivity contribution in [3.63, 3.8) is 0 Å². The molecule has 2 unspecified atom stereocenters. The number of hydrogen-bond donors (Lipinski definition) is 1. The maximum absolute atomic E-state index is 6.33. The summed E-state index contributed by atoms with van der Waals surface area (Å²) in [6, 6.07) is 11.6. The van der Waals surface area contributed by atoms with Gasteiger partial charge in [0.2, 0.25) is 0 Å². The van der Waals surface area contributed by atoms with Crippen LogP contribution < -0.4 is 5.32 Å². The lowest BCUT2D eigenvalue weighted by molar-refractivity contribution is 0.180. The Morgan fingerprint density at radius 2 is 2.10 bits per heavy atom. The lowest BCUT2D eigenvalue weighted by atomic mass is 9.87. The smallest absolute Gasteiger partial charge is 0.0618 e. The molecule has 0 amide bonds. The van der Waals surface area contributed by atoms with E-state index in [4.69, 9.17) is 23.2 Å². The fourth-order valence-electron chi connectivity index (χ4n) is 5.59. The fourth-order valence-corrected chi connectivity index (χ4v) is 5.87. The van der Waals surface area contributed by atoms with Crippen molar-refractivity contribution >= 4 is 28.8 Å². The number of benzene rings is 1. The minimum atomic E-state index is 0.502. The fraction of sp³-hybridized carbons (Fsp3) is 0.480. The Morgan fingerprint density at radius 3 is 2.90 bits per heavy atom. The maximum atomic E-state index is 6.33. The van der Waals surface area contributed by atoms with Gasteiger partial charge < -0.3 is 5.32 Å². The molecule has 2 aliphatic heterocycles. The van der Waals surface area contributed by atoms with Crippen LogP contribution in [0.25, 0.3) is 5.57 Å². The minimum Gasteiger partial charge on any atom is -0.312 e. The molecule has 0 spiro atoms. The number of pyridine rings is 1. The molecule has 1 aliphatic carbocycles. The molecule has 1 aromatic heterocycles. The third-order valence-electron chi connectivity index (χ3n) is 7.00. The summed E-state index contributed by atoms with van der Waals surface area (Å²) in [7, 11) is 0. The summed E-state index contributed by atoms with van der Waals surface area (Å²) in [6.07, 6.45) is 6.89. The molecule has 1 saturated heterocycles. The van der Waals surface area contributed by atoms with Crippen molar-refractivity contribution in [1.29, 1.82) is 0 Å². The molecule has 1 aromatic carbocycles. The molecule has 0 saturated carbocycles. The summed E-state index contributed by atoms with van der Waals surface area (Å²) in [5.74, 6) is 0. The van der Waals surface area contributed by atoms with Crippen LogP contribution >= 0.6 is 23.2 Å². The molecule has 5 heteroatoms. The van der Waals surface area contributed by atoms with Crippen LogP contribution in [0.5, 0.6) is 0 Å². The lowest BCUT2D eigenvalue weighted by Gasteiger charge is -2.41. The van der Waals surface area contributed by atoms with Crippen LogP contribution in [0.2, 0.25) is 10.0 Å². The molecule has 3 heterocycles.